The molecule has 0 aliphatic carbocycles. The van der Waals surface area contributed by atoms with Gasteiger partial charge in [0.05, 0.1) is 26.4 Å². The lowest BCUT2D eigenvalue weighted by molar-refractivity contribution is 0.408. The number of benzene rings is 2. The SMILES string of the molecule is C#CCn1c(C)c(/C=N\NCc2ccccc2OC)c2ccccc21. The lowest BCUT2D eigenvalue weighted by atomic mass is 10.1. The van der Waals surface area contributed by atoms with Gasteiger partial charge < -0.3 is 14.7 Å². The zero-order chi connectivity index (χ0) is 17.6. The van der Waals surface area contributed by atoms with Gasteiger partial charge in [0.2, 0.25) is 0 Å². The minimum atomic E-state index is 0.550. The van der Waals surface area contributed by atoms with Crippen LogP contribution in [0.3, 0.4) is 0 Å². The molecular weight excluding hydrogens is 310 g/mol. The zero-order valence-electron chi connectivity index (χ0n) is 14.5. The summed E-state index contributed by atoms with van der Waals surface area (Å²) in [5, 5.41) is 5.55. The van der Waals surface area contributed by atoms with E-state index >= 15 is 0 Å². The number of terminal acetylenes is 1. The number of methoxy groups -OCH3 is 1. The van der Waals surface area contributed by atoms with E-state index < -0.39 is 0 Å². The number of ether oxygens (including phenoxy) is 1. The highest BCUT2D eigenvalue weighted by atomic mass is 16.5. The summed E-state index contributed by atoms with van der Waals surface area (Å²) in [6.45, 7) is 3.22. The third-order valence-corrected chi connectivity index (χ3v) is 4.28. The van der Waals surface area contributed by atoms with E-state index in [0.717, 1.165) is 33.5 Å². The normalized spacial score (nSPS) is 10.9. The molecule has 0 aliphatic heterocycles. The molecule has 0 saturated heterocycles. The molecule has 25 heavy (non-hydrogen) atoms. The van der Waals surface area contributed by atoms with E-state index in [1.807, 2.05) is 42.6 Å². The maximum atomic E-state index is 5.51. The Kier molecular flexibility index (Phi) is 5.06. The van der Waals surface area contributed by atoms with E-state index in [9.17, 15) is 0 Å². The number of para-hydroxylation sites is 2. The first-order valence-electron chi connectivity index (χ1n) is 8.15. The molecule has 0 aliphatic rings. The van der Waals surface area contributed by atoms with Crippen molar-refractivity contribution in [3.63, 3.8) is 0 Å². The molecule has 1 N–H and O–H groups in total. The third kappa shape index (κ3) is 3.36. The molecule has 0 bridgehead atoms. The van der Waals surface area contributed by atoms with Gasteiger partial charge in [0.15, 0.2) is 0 Å². The van der Waals surface area contributed by atoms with Gasteiger partial charge >= 0.3 is 0 Å². The molecule has 0 atom stereocenters. The van der Waals surface area contributed by atoms with Crippen LogP contribution in [0, 0.1) is 19.3 Å². The van der Waals surface area contributed by atoms with Crippen LogP contribution in [0.25, 0.3) is 10.9 Å². The minimum Gasteiger partial charge on any atom is -0.496 e. The van der Waals surface area contributed by atoms with E-state index in [1.54, 1.807) is 7.11 Å². The smallest absolute Gasteiger partial charge is 0.123 e. The summed E-state index contributed by atoms with van der Waals surface area (Å²) >= 11 is 0. The molecule has 0 amide bonds. The van der Waals surface area contributed by atoms with Gasteiger partial charge in [-0.25, -0.2) is 0 Å². The van der Waals surface area contributed by atoms with Crippen LogP contribution in [-0.2, 0) is 13.1 Å². The van der Waals surface area contributed by atoms with Gasteiger partial charge in [-0.2, -0.15) is 5.10 Å². The van der Waals surface area contributed by atoms with Crippen LogP contribution in [0.15, 0.2) is 53.6 Å². The summed E-state index contributed by atoms with van der Waals surface area (Å²) in [4.78, 5) is 0. The predicted octanol–water partition coefficient (Wildman–Crippen LogP) is 3.72. The van der Waals surface area contributed by atoms with Gasteiger partial charge in [-0.1, -0.05) is 42.3 Å². The Balaban J connectivity index is 1.82. The molecule has 0 unspecified atom stereocenters. The van der Waals surface area contributed by atoms with Crippen LogP contribution in [0.2, 0.25) is 0 Å². The standard InChI is InChI=1S/C21H21N3O/c1-4-13-24-16(2)19(18-10-6-7-11-20(18)24)15-23-22-14-17-9-5-8-12-21(17)25-3/h1,5-12,15,22H,13-14H2,2-3H3/b23-15-. The van der Waals surface area contributed by atoms with Crippen LogP contribution in [0.5, 0.6) is 5.75 Å². The average Bonchev–Trinajstić information content (AvgIpc) is 2.91. The second-order valence-corrected chi connectivity index (χ2v) is 5.71. The lowest BCUT2D eigenvalue weighted by Crippen LogP contribution is -2.07. The van der Waals surface area contributed by atoms with Crippen molar-refractivity contribution in [3.05, 3.63) is 65.4 Å². The van der Waals surface area contributed by atoms with E-state index in [0.29, 0.717) is 13.1 Å². The topological polar surface area (TPSA) is 38.5 Å². The Labute approximate surface area is 148 Å². The van der Waals surface area contributed by atoms with Crippen molar-refractivity contribution in [2.75, 3.05) is 7.11 Å². The van der Waals surface area contributed by atoms with E-state index in [1.165, 1.54) is 0 Å². The van der Waals surface area contributed by atoms with Gasteiger partial charge in [0, 0.05) is 27.7 Å². The fourth-order valence-electron chi connectivity index (χ4n) is 3.01. The van der Waals surface area contributed by atoms with Gasteiger partial charge in [-0.15, -0.1) is 6.42 Å². The number of hydrogen-bond acceptors (Lipinski definition) is 3. The molecule has 3 aromatic rings. The molecule has 0 fully saturated rings. The molecule has 2 aromatic carbocycles. The van der Waals surface area contributed by atoms with Crippen LogP contribution < -0.4 is 10.2 Å². The minimum absolute atomic E-state index is 0.550. The largest absolute Gasteiger partial charge is 0.496 e. The Morgan fingerprint density at radius 3 is 2.76 bits per heavy atom. The zero-order valence-corrected chi connectivity index (χ0v) is 14.5. The average molecular weight is 331 g/mol. The van der Waals surface area contributed by atoms with Crippen molar-refractivity contribution >= 4 is 17.1 Å². The van der Waals surface area contributed by atoms with Gasteiger partial charge in [-0.05, 0) is 19.1 Å². The number of nitrogens with one attached hydrogen (secondary N) is 1. The fourth-order valence-corrected chi connectivity index (χ4v) is 3.01. The Hall–Kier alpha value is -3.19. The molecule has 0 radical (unpaired) electrons. The first kappa shape index (κ1) is 16.7. The molecule has 126 valence electrons. The molecule has 1 heterocycles. The second-order valence-electron chi connectivity index (χ2n) is 5.71. The van der Waals surface area contributed by atoms with Crippen LogP contribution in [0.1, 0.15) is 16.8 Å². The highest BCUT2D eigenvalue weighted by Crippen LogP contribution is 2.24. The lowest BCUT2D eigenvalue weighted by Gasteiger charge is -2.07. The summed E-state index contributed by atoms with van der Waals surface area (Å²) in [5.41, 5.74) is 7.49. The van der Waals surface area contributed by atoms with E-state index in [-0.39, 0.29) is 0 Å². The highest BCUT2D eigenvalue weighted by molar-refractivity contribution is 6.01. The fraction of sp³-hybridized carbons (Fsp3) is 0.190. The molecule has 0 spiro atoms. The number of aromatic nitrogens is 1. The summed E-state index contributed by atoms with van der Waals surface area (Å²) in [5.74, 6) is 3.57. The number of hydrazone groups is 1. The summed E-state index contributed by atoms with van der Waals surface area (Å²) in [6.07, 6.45) is 7.38. The molecule has 4 heteroatoms. The Bertz CT molecular complexity index is 947. The number of nitrogens with zero attached hydrogens (tertiary/aromatic N) is 2. The number of rotatable bonds is 6. The molecule has 1 aromatic heterocycles. The van der Waals surface area contributed by atoms with Gasteiger partial charge in [0.25, 0.3) is 0 Å². The summed E-state index contributed by atoms with van der Waals surface area (Å²) in [6, 6.07) is 16.1. The first-order chi connectivity index (χ1) is 12.3. The maximum absolute atomic E-state index is 5.51. The van der Waals surface area contributed by atoms with Crippen LogP contribution >= 0.6 is 0 Å². The third-order valence-electron chi connectivity index (χ3n) is 4.28. The second kappa shape index (κ2) is 7.59. The predicted molar refractivity (Wildman–Crippen MR) is 103 cm³/mol. The maximum Gasteiger partial charge on any atom is 0.123 e. The molecule has 0 saturated carbocycles. The summed E-state index contributed by atoms with van der Waals surface area (Å²) < 4.78 is 7.49. The van der Waals surface area contributed by atoms with Crippen LogP contribution in [-0.4, -0.2) is 17.9 Å². The first-order valence-corrected chi connectivity index (χ1v) is 8.15. The van der Waals surface area contributed by atoms with Gasteiger partial charge in [0.1, 0.15) is 5.75 Å². The van der Waals surface area contributed by atoms with Gasteiger partial charge in [-0.3, -0.25) is 0 Å². The number of hydrogen-bond donors (Lipinski definition) is 1. The van der Waals surface area contributed by atoms with Crippen molar-refractivity contribution in [1.29, 1.82) is 0 Å². The van der Waals surface area contributed by atoms with Crippen molar-refractivity contribution in [2.45, 2.75) is 20.0 Å². The van der Waals surface area contributed by atoms with Crippen molar-refractivity contribution in [3.8, 4) is 18.1 Å². The summed E-state index contributed by atoms with van der Waals surface area (Å²) in [7, 11) is 1.67. The van der Waals surface area contributed by atoms with E-state index in [2.05, 4.69) is 40.1 Å². The van der Waals surface area contributed by atoms with E-state index in [4.69, 9.17) is 11.2 Å². The molecular formula is C21H21N3O. The van der Waals surface area contributed by atoms with Crippen molar-refractivity contribution in [1.82, 2.24) is 9.99 Å². The van der Waals surface area contributed by atoms with Crippen LogP contribution in [0.4, 0.5) is 0 Å². The number of fused-ring (bicyclic) bond motifs is 1. The quantitative estimate of drug-likeness (QED) is 0.425. The molecule has 4 nitrogen and oxygen atoms in total. The highest BCUT2D eigenvalue weighted by Gasteiger charge is 2.11. The van der Waals surface area contributed by atoms with Crippen molar-refractivity contribution in [2.24, 2.45) is 5.10 Å². The molecule has 3 rings (SSSR count). The Morgan fingerprint density at radius 1 is 1.20 bits per heavy atom. The monoisotopic (exact) mass is 331 g/mol. The van der Waals surface area contributed by atoms with Crippen molar-refractivity contribution < 1.29 is 4.74 Å². The Morgan fingerprint density at radius 2 is 1.96 bits per heavy atom.